The van der Waals surface area contributed by atoms with Gasteiger partial charge in [-0.2, -0.15) is 0 Å². The third-order valence-electron chi connectivity index (χ3n) is 2.79. The van der Waals surface area contributed by atoms with Crippen molar-refractivity contribution >= 4 is 0 Å². The van der Waals surface area contributed by atoms with Crippen LogP contribution in [0.25, 0.3) is 0 Å². The summed E-state index contributed by atoms with van der Waals surface area (Å²) in [5.41, 5.74) is 1.48. The van der Waals surface area contributed by atoms with Gasteiger partial charge in [-0.05, 0) is 37.2 Å². The predicted molar refractivity (Wildman–Crippen MR) is 56.6 cm³/mol. The summed E-state index contributed by atoms with van der Waals surface area (Å²) in [7, 11) is 0. The van der Waals surface area contributed by atoms with Crippen molar-refractivity contribution in [3.63, 3.8) is 0 Å². The molecular weight excluding hydrogens is 156 g/mol. The average molecular weight is 172 g/mol. The number of benzene rings is 1. The molecule has 68 valence electrons. The summed E-state index contributed by atoms with van der Waals surface area (Å²) in [6, 6.07) is 10.8. The lowest BCUT2D eigenvalue weighted by Gasteiger charge is -2.07. The molecule has 0 heterocycles. The molecular formula is C13H16. The summed E-state index contributed by atoms with van der Waals surface area (Å²) >= 11 is 0. The van der Waals surface area contributed by atoms with Crippen LogP contribution in [0.5, 0.6) is 0 Å². The van der Waals surface area contributed by atoms with Gasteiger partial charge in [0.25, 0.3) is 0 Å². The standard InChI is InChI=1S/C13H16/c1-2-6-12(7-3-1)10-11-13-8-4-5-9-13/h1-7,13H,8-11H2. The zero-order valence-electron chi connectivity index (χ0n) is 7.95. The minimum Gasteiger partial charge on any atom is -0.0882 e. The van der Waals surface area contributed by atoms with E-state index in [1.54, 1.807) is 0 Å². The van der Waals surface area contributed by atoms with Crippen LogP contribution in [0.1, 0.15) is 24.8 Å². The lowest BCUT2D eigenvalue weighted by molar-refractivity contribution is 0.521. The fourth-order valence-corrected chi connectivity index (χ4v) is 1.92. The van der Waals surface area contributed by atoms with Crippen LogP contribution < -0.4 is 0 Å². The minimum atomic E-state index is 0.917. The van der Waals surface area contributed by atoms with Gasteiger partial charge in [0.1, 0.15) is 0 Å². The molecule has 0 radical (unpaired) electrons. The van der Waals surface area contributed by atoms with Gasteiger partial charge in [-0.3, -0.25) is 0 Å². The molecule has 0 nitrogen and oxygen atoms in total. The van der Waals surface area contributed by atoms with Gasteiger partial charge in [0.15, 0.2) is 0 Å². The minimum absolute atomic E-state index is 0.917. The molecule has 0 spiro atoms. The van der Waals surface area contributed by atoms with Gasteiger partial charge >= 0.3 is 0 Å². The summed E-state index contributed by atoms with van der Waals surface area (Å²) in [5.74, 6) is 0.917. The Kier molecular flexibility index (Phi) is 2.81. The first-order valence-electron chi connectivity index (χ1n) is 5.14. The maximum Gasteiger partial charge on any atom is -0.0276 e. The Bertz CT molecular complexity index is 263. The van der Waals surface area contributed by atoms with E-state index in [1.165, 1.54) is 31.2 Å². The number of hydrogen-bond donors (Lipinski definition) is 0. The van der Waals surface area contributed by atoms with Crippen LogP contribution in [-0.4, -0.2) is 0 Å². The molecule has 1 aliphatic carbocycles. The van der Waals surface area contributed by atoms with Crippen LogP contribution in [0, 0.1) is 5.92 Å². The molecule has 0 aliphatic heterocycles. The van der Waals surface area contributed by atoms with E-state index in [1.807, 2.05) is 0 Å². The molecule has 1 aromatic rings. The molecule has 0 fully saturated rings. The maximum absolute atomic E-state index is 2.32. The number of aryl methyl sites for hydroxylation is 1. The lowest BCUT2D eigenvalue weighted by Crippen LogP contribution is -1.96. The predicted octanol–water partition coefficient (Wildman–Crippen LogP) is 3.59. The molecule has 0 atom stereocenters. The van der Waals surface area contributed by atoms with Gasteiger partial charge in [-0.25, -0.2) is 0 Å². The molecule has 0 bridgehead atoms. The molecule has 0 aromatic heterocycles. The van der Waals surface area contributed by atoms with Crippen LogP contribution in [0.4, 0.5) is 0 Å². The van der Waals surface area contributed by atoms with Crippen LogP contribution in [0.15, 0.2) is 42.5 Å². The van der Waals surface area contributed by atoms with Gasteiger partial charge in [-0.15, -0.1) is 0 Å². The van der Waals surface area contributed by atoms with Crippen LogP contribution in [0.3, 0.4) is 0 Å². The van der Waals surface area contributed by atoms with E-state index < -0.39 is 0 Å². The largest absolute Gasteiger partial charge is 0.0882 e. The molecule has 0 N–H and O–H groups in total. The zero-order chi connectivity index (χ0) is 8.93. The lowest BCUT2D eigenvalue weighted by atomic mass is 9.98. The van der Waals surface area contributed by atoms with E-state index in [4.69, 9.17) is 0 Å². The highest BCUT2D eigenvalue weighted by molar-refractivity contribution is 5.14. The molecule has 0 saturated heterocycles. The second kappa shape index (κ2) is 4.27. The number of allylic oxidation sites excluding steroid dienone is 2. The van der Waals surface area contributed by atoms with Gasteiger partial charge in [-0.1, -0.05) is 42.5 Å². The number of hydrogen-bond acceptors (Lipinski definition) is 0. The Labute approximate surface area is 80.3 Å². The average Bonchev–Trinajstić information content (AvgIpc) is 2.69. The molecule has 1 aliphatic rings. The van der Waals surface area contributed by atoms with Gasteiger partial charge < -0.3 is 0 Å². The van der Waals surface area contributed by atoms with Gasteiger partial charge in [0.2, 0.25) is 0 Å². The van der Waals surface area contributed by atoms with Crippen molar-refractivity contribution in [3.05, 3.63) is 48.0 Å². The Morgan fingerprint density at radius 1 is 1.00 bits per heavy atom. The van der Waals surface area contributed by atoms with Crippen molar-refractivity contribution in [1.82, 2.24) is 0 Å². The monoisotopic (exact) mass is 172 g/mol. The van der Waals surface area contributed by atoms with Crippen molar-refractivity contribution in [2.45, 2.75) is 25.7 Å². The molecule has 0 heteroatoms. The van der Waals surface area contributed by atoms with Crippen molar-refractivity contribution in [2.24, 2.45) is 5.92 Å². The summed E-state index contributed by atoms with van der Waals surface area (Å²) in [6.45, 7) is 0. The van der Waals surface area contributed by atoms with Crippen molar-refractivity contribution in [2.75, 3.05) is 0 Å². The third-order valence-corrected chi connectivity index (χ3v) is 2.79. The van der Waals surface area contributed by atoms with E-state index in [0.29, 0.717) is 0 Å². The summed E-state index contributed by atoms with van der Waals surface area (Å²) < 4.78 is 0. The van der Waals surface area contributed by atoms with E-state index in [0.717, 1.165) is 5.92 Å². The fraction of sp³-hybridized carbons (Fsp3) is 0.385. The quantitative estimate of drug-likeness (QED) is 0.611. The highest BCUT2D eigenvalue weighted by Crippen LogP contribution is 2.22. The third kappa shape index (κ3) is 2.45. The van der Waals surface area contributed by atoms with Gasteiger partial charge in [0.05, 0.1) is 0 Å². The fourth-order valence-electron chi connectivity index (χ4n) is 1.92. The van der Waals surface area contributed by atoms with Crippen LogP contribution in [-0.2, 0) is 6.42 Å². The first kappa shape index (κ1) is 8.55. The van der Waals surface area contributed by atoms with Crippen molar-refractivity contribution < 1.29 is 0 Å². The first-order valence-corrected chi connectivity index (χ1v) is 5.14. The second-order valence-electron chi connectivity index (χ2n) is 3.83. The van der Waals surface area contributed by atoms with Crippen molar-refractivity contribution in [3.8, 4) is 0 Å². The Morgan fingerprint density at radius 2 is 1.69 bits per heavy atom. The smallest absolute Gasteiger partial charge is 0.0276 e. The van der Waals surface area contributed by atoms with E-state index in [2.05, 4.69) is 42.5 Å². The van der Waals surface area contributed by atoms with E-state index in [-0.39, 0.29) is 0 Å². The Balaban J connectivity index is 1.80. The second-order valence-corrected chi connectivity index (χ2v) is 3.83. The normalized spacial score (nSPS) is 16.6. The Morgan fingerprint density at radius 3 is 2.38 bits per heavy atom. The first-order chi connectivity index (χ1) is 6.45. The van der Waals surface area contributed by atoms with E-state index in [9.17, 15) is 0 Å². The summed E-state index contributed by atoms with van der Waals surface area (Å²) in [6.07, 6.45) is 9.81. The molecule has 0 saturated carbocycles. The molecule has 1 aromatic carbocycles. The molecule has 13 heavy (non-hydrogen) atoms. The maximum atomic E-state index is 2.32. The summed E-state index contributed by atoms with van der Waals surface area (Å²) in [5, 5.41) is 0. The highest BCUT2D eigenvalue weighted by atomic mass is 14.1. The topological polar surface area (TPSA) is 0 Å². The highest BCUT2D eigenvalue weighted by Gasteiger charge is 2.09. The zero-order valence-corrected chi connectivity index (χ0v) is 7.95. The van der Waals surface area contributed by atoms with Crippen LogP contribution >= 0.6 is 0 Å². The Hall–Kier alpha value is -1.04. The number of rotatable bonds is 3. The van der Waals surface area contributed by atoms with Crippen LogP contribution in [0.2, 0.25) is 0 Å². The molecule has 0 unspecified atom stereocenters. The molecule has 2 rings (SSSR count). The molecule has 0 amide bonds. The van der Waals surface area contributed by atoms with Crippen molar-refractivity contribution in [1.29, 1.82) is 0 Å². The summed E-state index contributed by atoms with van der Waals surface area (Å²) in [4.78, 5) is 0. The van der Waals surface area contributed by atoms with E-state index >= 15 is 0 Å². The van der Waals surface area contributed by atoms with Gasteiger partial charge in [0, 0.05) is 0 Å². The SMILES string of the molecule is C1=CCC(CCc2ccccc2)C1.